The number of fused-ring (bicyclic) bond motifs is 1. The molecule has 9 heteroatoms. The number of nitrogens with zero attached hydrogens (tertiary/aromatic N) is 5. The third kappa shape index (κ3) is 2.96. The molecule has 146 valence electrons. The van der Waals surface area contributed by atoms with Gasteiger partial charge in [-0.1, -0.05) is 22.5 Å². The largest absolute Gasteiger partial charge is 0.492 e. The molecule has 2 aromatic carbocycles. The Balaban J connectivity index is 1.49. The molecule has 0 amide bonds. The van der Waals surface area contributed by atoms with E-state index < -0.39 is 0 Å². The van der Waals surface area contributed by atoms with Gasteiger partial charge in [0.2, 0.25) is 12.6 Å². The summed E-state index contributed by atoms with van der Waals surface area (Å²) in [6.07, 6.45) is 0. The van der Waals surface area contributed by atoms with Crippen LogP contribution in [0.15, 0.2) is 47.0 Å². The average Bonchev–Trinajstić information content (AvgIpc) is 3.47. The fourth-order valence-corrected chi connectivity index (χ4v) is 3.14. The number of hydrogen-bond donors (Lipinski definition) is 0. The third-order valence-electron chi connectivity index (χ3n) is 4.55. The first-order chi connectivity index (χ1) is 14.2. The number of para-hydroxylation sites is 2. The molecule has 5 rings (SSSR count). The van der Waals surface area contributed by atoms with Crippen LogP contribution in [0, 0.1) is 6.92 Å². The summed E-state index contributed by atoms with van der Waals surface area (Å²) < 4.78 is 23.6. The zero-order valence-corrected chi connectivity index (χ0v) is 15.8. The van der Waals surface area contributed by atoms with Crippen LogP contribution in [0.3, 0.4) is 0 Å². The molecule has 9 nitrogen and oxygen atoms in total. The second-order valence-electron chi connectivity index (χ2n) is 6.33. The minimum Gasteiger partial charge on any atom is -0.492 e. The van der Waals surface area contributed by atoms with E-state index in [1.54, 1.807) is 4.68 Å². The molecule has 0 bridgehead atoms. The Morgan fingerprint density at radius 3 is 2.86 bits per heavy atom. The number of aromatic nitrogens is 5. The highest BCUT2D eigenvalue weighted by atomic mass is 16.7. The van der Waals surface area contributed by atoms with Crippen molar-refractivity contribution in [3.63, 3.8) is 0 Å². The quantitative estimate of drug-likeness (QED) is 0.510. The van der Waals surface area contributed by atoms with Crippen LogP contribution < -0.4 is 14.2 Å². The fraction of sp³-hybridized carbons (Fsp3) is 0.200. The van der Waals surface area contributed by atoms with E-state index in [0.717, 1.165) is 22.7 Å². The van der Waals surface area contributed by atoms with Crippen molar-refractivity contribution in [2.75, 3.05) is 13.4 Å². The Morgan fingerprint density at radius 2 is 1.97 bits per heavy atom. The Hall–Kier alpha value is -3.88. The van der Waals surface area contributed by atoms with Crippen molar-refractivity contribution in [2.24, 2.45) is 0 Å². The van der Waals surface area contributed by atoms with Crippen LogP contribution in [0.25, 0.3) is 28.7 Å². The molecule has 0 fully saturated rings. The normalized spacial score (nSPS) is 12.3. The molecule has 0 atom stereocenters. The molecule has 0 unspecified atom stereocenters. The summed E-state index contributed by atoms with van der Waals surface area (Å²) in [5.74, 6) is 2.80. The van der Waals surface area contributed by atoms with E-state index in [4.69, 9.17) is 18.7 Å². The van der Waals surface area contributed by atoms with Gasteiger partial charge < -0.3 is 18.7 Å². The molecule has 29 heavy (non-hydrogen) atoms. The van der Waals surface area contributed by atoms with Crippen LogP contribution in [0.5, 0.6) is 17.2 Å². The van der Waals surface area contributed by atoms with Gasteiger partial charge in [-0.3, -0.25) is 0 Å². The van der Waals surface area contributed by atoms with Crippen molar-refractivity contribution >= 4 is 0 Å². The van der Waals surface area contributed by atoms with Gasteiger partial charge >= 0.3 is 0 Å². The monoisotopic (exact) mass is 391 g/mol. The SMILES string of the molecule is CCOc1ccccc1-n1nnc(-c2nc(-c3ccc4c(c3)OCO4)no2)c1C. The lowest BCUT2D eigenvalue weighted by Gasteiger charge is -2.10. The summed E-state index contributed by atoms with van der Waals surface area (Å²) in [5, 5.41) is 12.6. The molecule has 1 aliphatic heterocycles. The predicted octanol–water partition coefficient (Wildman–Crippen LogP) is 3.42. The van der Waals surface area contributed by atoms with Gasteiger partial charge in [0, 0.05) is 5.56 Å². The van der Waals surface area contributed by atoms with Crippen molar-refractivity contribution in [3.05, 3.63) is 48.2 Å². The van der Waals surface area contributed by atoms with Crippen LogP contribution in [0.1, 0.15) is 12.6 Å². The van der Waals surface area contributed by atoms with Crippen molar-refractivity contribution < 1.29 is 18.7 Å². The molecule has 0 saturated carbocycles. The molecule has 0 N–H and O–H groups in total. The minimum atomic E-state index is 0.210. The molecule has 3 heterocycles. The summed E-state index contributed by atoms with van der Waals surface area (Å²) >= 11 is 0. The maximum atomic E-state index is 5.70. The smallest absolute Gasteiger partial charge is 0.280 e. The predicted molar refractivity (Wildman–Crippen MR) is 102 cm³/mol. The van der Waals surface area contributed by atoms with Crippen molar-refractivity contribution in [1.29, 1.82) is 0 Å². The van der Waals surface area contributed by atoms with Gasteiger partial charge in [-0.25, -0.2) is 4.68 Å². The van der Waals surface area contributed by atoms with Crippen LogP contribution in [0.2, 0.25) is 0 Å². The number of hydrogen-bond acceptors (Lipinski definition) is 8. The average molecular weight is 391 g/mol. The van der Waals surface area contributed by atoms with E-state index in [1.165, 1.54) is 0 Å². The van der Waals surface area contributed by atoms with Gasteiger partial charge in [0.25, 0.3) is 5.89 Å². The lowest BCUT2D eigenvalue weighted by molar-refractivity contribution is 0.174. The topological polar surface area (TPSA) is 97.3 Å². The first-order valence-corrected chi connectivity index (χ1v) is 9.13. The van der Waals surface area contributed by atoms with Crippen LogP contribution >= 0.6 is 0 Å². The first-order valence-electron chi connectivity index (χ1n) is 9.13. The van der Waals surface area contributed by atoms with Crippen molar-refractivity contribution in [2.45, 2.75) is 13.8 Å². The zero-order valence-electron chi connectivity index (χ0n) is 15.8. The van der Waals surface area contributed by atoms with Crippen molar-refractivity contribution in [1.82, 2.24) is 25.1 Å². The summed E-state index contributed by atoms with van der Waals surface area (Å²) in [6.45, 7) is 4.59. The lowest BCUT2D eigenvalue weighted by Crippen LogP contribution is -2.03. The highest BCUT2D eigenvalue weighted by molar-refractivity contribution is 5.63. The standard InChI is InChI=1S/C20H17N5O4/c1-3-26-15-7-5-4-6-14(15)25-12(2)18(22-24-25)20-21-19(23-29-20)13-8-9-16-17(10-13)28-11-27-16/h4-10H,3,11H2,1-2H3. The van der Waals surface area contributed by atoms with E-state index in [1.807, 2.05) is 56.3 Å². The Kier molecular flexibility index (Phi) is 4.12. The van der Waals surface area contributed by atoms with E-state index in [9.17, 15) is 0 Å². The highest BCUT2D eigenvalue weighted by Crippen LogP contribution is 2.35. The highest BCUT2D eigenvalue weighted by Gasteiger charge is 2.21. The minimum absolute atomic E-state index is 0.210. The lowest BCUT2D eigenvalue weighted by atomic mass is 10.2. The Morgan fingerprint density at radius 1 is 1.10 bits per heavy atom. The molecule has 2 aromatic heterocycles. The second kappa shape index (κ2) is 6.93. The summed E-state index contributed by atoms with van der Waals surface area (Å²) in [6, 6.07) is 13.1. The van der Waals surface area contributed by atoms with Gasteiger partial charge in [-0.05, 0) is 44.2 Å². The van der Waals surface area contributed by atoms with Gasteiger partial charge in [0.1, 0.15) is 11.4 Å². The third-order valence-corrected chi connectivity index (χ3v) is 4.55. The van der Waals surface area contributed by atoms with Crippen LogP contribution in [-0.4, -0.2) is 38.5 Å². The van der Waals surface area contributed by atoms with E-state index in [2.05, 4.69) is 20.5 Å². The fourth-order valence-electron chi connectivity index (χ4n) is 3.14. The molecule has 0 aliphatic carbocycles. The van der Waals surface area contributed by atoms with Crippen molar-refractivity contribution in [3.8, 4) is 45.9 Å². The zero-order chi connectivity index (χ0) is 19.8. The molecule has 0 saturated heterocycles. The first kappa shape index (κ1) is 17.2. The molecular weight excluding hydrogens is 374 g/mol. The Labute approximate surface area is 165 Å². The summed E-state index contributed by atoms with van der Waals surface area (Å²) in [7, 11) is 0. The maximum absolute atomic E-state index is 5.70. The molecular formula is C20H17N5O4. The molecule has 0 radical (unpaired) electrons. The molecule has 4 aromatic rings. The van der Waals surface area contributed by atoms with Gasteiger partial charge in [-0.2, -0.15) is 4.98 Å². The maximum Gasteiger partial charge on any atom is 0.280 e. The van der Waals surface area contributed by atoms with Gasteiger partial charge in [0.15, 0.2) is 17.2 Å². The Bertz CT molecular complexity index is 1180. The summed E-state index contributed by atoms with van der Waals surface area (Å²) in [5.41, 5.74) is 2.82. The van der Waals surface area contributed by atoms with Crippen LogP contribution in [-0.2, 0) is 0 Å². The van der Waals surface area contributed by atoms with Gasteiger partial charge in [0.05, 0.1) is 12.3 Å². The molecule has 1 aliphatic rings. The number of ether oxygens (including phenoxy) is 3. The van der Waals surface area contributed by atoms with E-state index in [0.29, 0.717) is 29.6 Å². The van der Waals surface area contributed by atoms with E-state index in [-0.39, 0.29) is 12.7 Å². The van der Waals surface area contributed by atoms with Crippen LogP contribution in [0.4, 0.5) is 0 Å². The summed E-state index contributed by atoms with van der Waals surface area (Å²) in [4.78, 5) is 4.48. The van der Waals surface area contributed by atoms with Gasteiger partial charge in [-0.15, -0.1) is 5.10 Å². The second-order valence-corrected chi connectivity index (χ2v) is 6.33. The van der Waals surface area contributed by atoms with E-state index >= 15 is 0 Å². The number of rotatable bonds is 5. The molecule has 0 spiro atoms. The number of benzene rings is 2.